The quantitative estimate of drug-likeness (QED) is 0.486. The van der Waals surface area contributed by atoms with Gasteiger partial charge in [-0.2, -0.15) is 0 Å². The molecule has 0 bridgehead atoms. The van der Waals surface area contributed by atoms with E-state index in [2.05, 4.69) is 19.2 Å². The zero-order chi connectivity index (χ0) is 9.26. The van der Waals surface area contributed by atoms with Crippen LogP contribution in [-0.2, 0) is 9.47 Å². The molecular weight excluding hydrogens is 164 g/mol. The molecule has 1 saturated heterocycles. The van der Waals surface area contributed by atoms with E-state index in [0.717, 1.165) is 24.2 Å². The van der Waals surface area contributed by atoms with Gasteiger partial charge in [-0.3, -0.25) is 0 Å². The summed E-state index contributed by atoms with van der Waals surface area (Å²) >= 11 is 0. The largest absolute Gasteiger partial charge is 0.371 e. The number of rotatable bonds is 3. The highest BCUT2D eigenvalue weighted by atomic mass is 16.6. The van der Waals surface area contributed by atoms with Crippen molar-refractivity contribution in [3.05, 3.63) is 36.5 Å². The molecule has 2 rings (SSSR count). The van der Waals surface area contributed by atoms with E-state index >= 15 is 0 Å². The molecule has 0 N–H and O–H groups in total. The van der Waals surface area contributed by atoms with Crippen molar-refractivity contribution in [3.63, 3.8) is 0 Å². The number of epoxide rings is 1. The first-order valence-corrected chi connectivity index (χ1v) is 4.53. The van der Waals surface area contributed by atoms with Gasteiger partial charge in [-0.1, -0.05) is 25.3 Å². The molecular formula is C11H14O2. The van der Waals surface area contributed by atoms with Gasteiger partial charge in [-0.05, 0) is 17.6 Å². The molecule has 2 unspecified atom stereocenters. The summed E-state index contributed by atoms with van der Waals surface area (Å²) in [6, 6.07) is 0. The van der Waals surface area contributed by atoms with E-state index in [4.69, 9.17) is 9.47 Å². The van der Waals surface area contributed by atoms with Crippen LogP contribution in [0.5, 0.6) is 0 Å². The lowest BCUT2D eigenvalue weighted by atomic mass is 9.95. The molecule has 1 aliphatic heterocycles. The minimum absolute atomic E-state index is 0.00852. The number of ether oxygens (including phenoxy) is 2. The smallest absolute Gasteiger partial charge is 0.104 e. The maximum Gasteiger partial charge on any atom is 0.104 e. The molecule has 1 fully saturated rings. The highest BCUT2D eigenvalue weighted by molar-refractivity contribution is 5.34. The zero-order valence-corrected chi connectivity index (χ0v) is 7.66. The number of allylic oxidation sites excluding steroid dienone is 1. The highest BCUT2D eigenvalue weighted by Crippen LogP contribution is 2.24. The van der Waals surface area contributed by atoms with E-state index in [0.29, 0.717) is 12.7 Å². The van der Waals surface area contributed by atoms with Gasteiger partial charge in [-0.25, -0.2) is 0 Å². The topological polar surface area (TPSA) is 21.8 Å². The van der Waals surface area contributed by atoms with E-state index < -0.39 is 0 Å². The molecule has 1 aliphatic carbocycles. The molecule has 2 nitrogen and oxygen atoms in total. The SMILES string of the molecule is C=C1C=CCC(=C)C1OCC1CO1. The van der Waals surface area contributed by atoms with Crippen LogP contribution in [0.15, 0.2) is 36.5 Å². The van der Waals surface area contributed by atoms with Crippen LogP contribution in [0.25, 0.3) is 0 Å². The summed E-state index contributed by atoms with van der Waals surface area (Å²) in [6.45, 7) is 9.40. The van der Waals surface area contributed by atoms with Crippen molar-refractivity contribution in [2.75, 3.05) is 13.2 Å². The molecule has 2 aliphatic rings. The Morgan fingerprint density at radius 2 is 2.31 bits per heavy atom. The van der Waals surface area contributed by atoms with E-state index in [-0.39, 0.29) is 6.10 Å². The first kappa shape index (κ1) is 8.73. The minimum Gasteiger partial charge on any atom is -0.371 e. The maximum atomic E-state index is 5.66. The fraction of sp³-hybridized carbons (Fsp3) is 0.455. The average Bonchev–Trinajstić information content (AvgIpc) is 2.87. The standard InChI is InChI=1S/C11H14O2/c1-8-4-3-5-9(2)11(8)13-7-10-6-12-10/h3-4,10-11H,1-2,5-7H2. The summed E-state index contributed by atoms with van der Waals surface area (Å²) in [7, 11) is 0. The van der Waals surface area contributed by atoms with Gasteiger partial charge < -0.3 is 9.47 Å². The second-order valence-corrected chi connectivity index (χ2v) is 3.51. The van der Waals surface area contributed by atoms with Crippen molar-refractivity contribution in [2.24, 2.45) is 0 Å². The Morgan fingerprint density at radius 3 is 2.92 bits per heavy atom. The monoisotopic (exact) mass is 178 g/mol. The molecule has 0 spiro atoms. The van der Waals surface area contributed by atoms with Gasteiger partial charge in [0.25, 0.3) is 0 Å². The molecule has 0 radical (unpaired) electrons. The van der Waals surface area contributed by atoms with Gasteiger partial charge in [0, 0.05) is 0 Å². The maximum absolute atomic E-state index is 5.66. The van der Waals surface area contributed by atoms with Gasteiger partial charge in [0.05, 0.1) is 13.2 Å². The van der Waals surface area contributed by atoms with E-state index in [1.54, 1.807) is 0 Å². The molecule has 1 heterocycles. The first-order valence-electron chi connectivity index (χ1n) is 4.53. The van der Waals surface area contributed by atoms with Crippen molar-refractivity contribution in [2.45, 2.75) is 18.6 Å². The summed E-state index contributed by atoms with van der Waals surface area (Å²) in [5.41, 5.74) is 2.09. The molecule has 0 aromatic heterocycles. The molecule has 0 aromatic rings. The van der Waals surface area contributed by atoms with Crippen LogP contribution in [0, 0.1) is 0 Å². The van der Waals surface area contributed by atoms with Crippen molar-refractivity contribution >= 4 is 0 Å². The van der Waals surface area contributed by atoms with E-state index in [1.807, 2.05) is 6.08 Å². The molecule has 0 saturated carbocycles. The molecule has 2 atom stereocenters. The van der Waals surface area contributed by atoms with Crippen LogP contribution in [0.4, 0.5) is 0 Å². The van der Waals surface area contributed by atoms with Crippen molar-refractivity contribution < 1.29 is 9.47 Å². The highest BCUT2D eigenvalue weighted by Gasteiger charge is 2.26. The number of hydrogen-bond acceptors (Lipinski definition) is 2. The predicted octanol–water partition coefficient (Wildman–Crippen LogP) is 1.84. The van der Waals surface area contributed by atoms with Crippen LogP contribution < -0.4 is 0 Å². The molecule has 70 valence electrons. The summed E-state index contributed by atoms with van der Waals surface area (Å²) in [5, 5.41) is 0. The Bertz CT molecular complexity index is 261. The Morgan fingerprint density at radius 1 is 1.54 bits per heavy atom. The minimum atomic E-state index is 0.00852. The Hall–Kier alpha value is -0.860. The molecule has 0 aromatic carbocycles. The van der Waals surface area contributed by atoms with Gasteiger partial charge >= 0.3 is 0 Å². The van der Waals surface area contributed by atoms with Crippen LogP contribution in [0.1, 0.15) is 6.42 Å². The Kier molecular flexibility index (Phi) is 2.34. The third-order valence-corrected chi connectivity index (χ3v) is 2.27. The molecule has 2 heteroatoms. The van der Waals surface area contributed by atoms with Crippen molar-refractivity contribution in [1.82, 2.24) is 0 Å². The summed E-state index contributed by atoms with van der Waals surface area (Å²) in [5.74, 6) is 0. The third-order valence-electron chi connectivity index (χ3n) is 2.27. The average molecular weight is 178 g/mol. The normalized spacial score (nSPS) is 32.3. The van der Waals surface area contributed by atoms with Crippen molar-refractivity contribution in [3.8, 4) is 0 Å². The summed E-state index contributed by atoms with van der Waals surface area (Å²) in [6.07, 6.45) is 5.29. The second-order valence-electron chi connectivity index (χ2n) is 3.51. The fourth-order valence-electron chi connectivity index (χ4n) is 1.41. The molecule has 0 amide bonds. The first-order chi connectivity index (χ1) is 6.27. The summed E-state index contributed by atoms with van der Waals surface area (Å²) in [4.78, 5) is 0. The van der Waals surface area contributed by atoms with Gasteiger partial charge in [0.15, 0.2) is 0 Å². The van der Waals surface area contributed by atoms with Gasteiger partial charge in [-0.15, -0.1) is 0 Å². The second kappa shape index (κ2) is 3.48. The lowest BCUT2D eigenvalue weighted by molar-refractivity contribution is 0.0862. The van der Waals surface area contributed by atoms with Crippen LogP contribution in [-0.4, -0.2) is 25.4 Å². The Balaban J connectivity index is 1.90. The Labute approximate surface area is 78.5 Å². The third kappa shape index (κ3) is 2.08. The molecule has 13 heavy (non-hydrogen) atoms. The van der Waals surface area contributed by atoms with Crippen LogP contribution >= 0.6 is 0 Å². The van der Waals surface area contributed by atoms with E-state index in [1.165, 1.54) is 0 Å². The lowest BCUT2D eigenvalue weighted by Gasteiger charge is -2.22. The predicted molar refractivity (Wildman–Crippen MR) is 51.5 cm³/mol. The fourth-order valence-corrected chi connectivity index (χ4v) is 1.41. The number of hydrogen-bond donors (Lipinski definition) is 0. The lowest BCUT2D eigenvalue weighted by Crippen LogP contribution is -2.21. The van der Waals surface area contributed by atoms with Crippen LogP contribution in [0.3, 0.4) is 0 Å². The van der Waals surface area contributed by atoms with Crippen LogP contribution in [0.2, 0.25) is 0 Å². The zero-order valence-electron chi connectivity index (χ0n) is 7.66. The van der Waals surface area contributed by atoms with E-state index in [9.17, 15) is 0 Å². The summed E-state index contributed by atoms with van der Waals surface area (Å²) < 4.78 is 10.7. The van der Waals surface area contributed by atoms with Gasteiger partial charge in [0.2, 0.25) is 0 Å². The van der Waals surface area contributed by atoms with Gasteiger partial charge in [0.1, 0.15) is 12.2 Å². The van der Waals surface area contributed by atoms with Crippen molar-refractivity contribution in [1.29, 1.82) is 0 Å².